The van der Waals surface area contributed by atoms with Crippen LogP contribution in [0.5, 0.6) is 11.5 Å². The molecular formula is C23H28N2O4. The molecule has 2 amide bonds. The van der Waals surface area contributed by atoms with Gasteiger partial charge in [0.1, 0.15) is 11.5 Å². The van der Waals surface area contributed by atoms with E-state index in [1.54, 1.807) is 42.5 Å². The van der Waals surface area contributed by atoms with Crippen molar-refractivity contribution in [2.45, 2.75) is 20.3 Å². The zero-order valence-corrected chi connectivity index (χ0v) is 17.2. The number of benzene rings is 2. The molecule has 154 valence electrons. The van der Waals surface area contributed by atoms with Crippen molar-refractivity contribution in [2.24, 2.45) is 11.8 Å². The Balaban J connectivity index is 1.53. The summed E-state index contributed by atoms with van der Waals surface area (Å²) in [4.78, 5) is 26.8. The highest BCUT2D eigenvalue weighted by molar-refractivity contribution is 6.06. The van der Waals surface area contributed by atoms with Crippen molar-refractivity contribution in [3.8, 4) is 11.5 Å². The quantitative estimate of drug-likeness (QED) is 0.806. The molecule has 1 N–H and O–H groups in total. The van der Waals surface area contributed by atoms with Gasteiger partial charge in [0.25, 0.3) is 11.8 Å². The zero-order valence-electron chi connectivity index (χ0n) is 17.2. The van der Waals surface area contributed by atoms with E-state index in [0.29, 0.717) is 34.6 Å². The van der Waals surface area contributed by atoms with Gasteiger partial charge in [-0.05, 0) is 54.7 Å². The predicted molar refractivity (Wildman–Crippen MR) is 112 cm³/mol. The molecule has 1 saturated heterocycles. The van der Waals surface area contributed by atoms with Crippen molar-refractivity contribution in [1.29, 1.82) is 0 Å². The second-order valence-corrected chi connectivity index (χ2v) is 7.71. The first-order chi connectivity index (χ1) is 14.0. The lowest BCUT2D eigenvalue weighted by Crippen LogP contribution is -2.44. The van der Waals surface area contributed by atoms with Crippen molar-refractivity contribution in [2.75, 3.05) is 32.1 Å². The number of para-hydroxylation sites is 1. The molecule has 0 saturated carbocycles. The van der Waals surface area contributed by atoms with Crippen LogP contribution < -0.4 is 14.8 Å². The average Bonchev–Trinajstić information content (AvgIpc) is 2.72. The summed E-state index contributed by atoms with van der Waals surface area (Å²) in [6, 6.07) is 14.0. The van der Waals surface area contributed by atoms with Gasteiger partial charge in [0, 0.05) is 18.8 Å². The third-order valence-electron chi connectivity index (χ3n) is 5.05. The average molecular weight is 396 g/mol. The Hall–Kier alpha value is -3.02. The minimum Gasteiger partial charge on any atom is -0.496 e. The first-order valence-corrected chi connectivity index (χ1v) is 9.91. The van der Waals surface area contributed by atoms with E-state index in [2.05, 4.69) is 19.2 Å². The molecule has 2 unspecified atom stereocenters. The van der Waals surface area contributed by atoms with Crippen molar-refractivity contribution < 1.29 is 19.1 Å². The number of anilines is 1. The van der Waals surface area contributed by atoms with Crippen molar-refractivity contribution >= 4 is 17.5 Å². The first-order valence-electron chi connectivity index (χ1n) is 9.91. The maximum absolute atomic E-state index is 12.4. The molecule has 0 spiro atoms. The van der Waals surface area contributed by atoms with Crippen LogP contribution in [0, 0.1) is 11.8 Å². The molecule has 0 radical (unpaired) electrons. The third kappa shape index (κ3) is 5.50. The molecule has 1 fully saturated rings. The number of hydrogen-bond donors (Lipinski definition) is 1. The normalized spacial score (nSPS) is 18.8. The van der Waals surface area contributed by atoms with Crippen LogP contribution in [-0.2, 0) is 4.79 Å². The molecule has 1 aliphatic heterocycles. The Labute approximate surface area is 171 Å². The van der Waals surface area contributed by atoms with Crippen LogP contribution >= 0.6 is 0 Å². The SMILES string of the molecule is COc1ccccc1C(=O)Nc1ccc(OCC(=O)N2CC(C)CC(C)C2)cc1. The molecule has 3 rings (SSSR count). The van der Waals surface area contributed by atoms with Gasteiger partial charge in [0.2, 0.25) is 0 Å². The van der Waals surface area contributed by atoms with Gasteiger partial charge in [-0.1, -0.05) is 26.0 Å². The molecule has 0 aromatic heterocycles. The van der Waals surface area contributed by atoms with E-state index in [1.165, 1.54) is 7.11 Å². The lowest BCUT2D eigenvalue weighted by molar-refractivity contribution is -0.136. The van der Waals surface area contributed by atoms with E-state index < -0.39 is 0 Å². The largest absolute Gasteiger partial charge is 0.496 e. The molecule has 6 nitrogen and oxygen atoms in total. The Bertz CT molecular complexity index is 840. The summed E-state index contributed by atoms with van der Waals surface area (Å²) in [6.07, 6.45) is 1.16. The van der Waals surface area contributed by atoms with Gasteiger partial charge in [-0.15, -0.1) is 0 Å². The molecule has 2 atom stereocenters. The summed E-state index contributed by atoms with van der Waals surface area (Å²) in [5.74, 6) is 1.91. The minimum absolute atomic E-state index is 0.0111. The van der Waals surface area contributed by atoms with E-state index in [1.807, 2.05) is 11.0 Å². The molecule has 6 heteroatoms. The van der Waals surface area contributed by atoms with Crippen LogP contribution in [0.3, 0.4) is 0 Å². The summed E-state index contributed by atoms with van der Waals surface area (Å²) in [5, 5.41) is 2.84. The van der Waals surface area contributed by atoms with Crippen molar-refractivity contribution in [1.82, 2.24) is 4.90 Å². The monoisotopic (exact) mass is 396 g/mol. The lowest BCUT2D eigenvalue weighted by Gasteiger charge is -2.34. The summed E-state index contributed by atoms with van der Waals surface area (Å²) in [6.45, 7) is 5.96. The molecule has 2 aromatic rings. The highest BCUT2D eigenvalue weighted by Crippen LogP contribution is 2.22. The zero-order chi connectivity index (χ0) is 20.8. The topological polar surface area (TPSA) is 67.9 Å². The lowest BCUT2D eigenvalue weighted by atomic mass is 9.92. The first kappa shape index (κ1) is 20.7. The third-order valence-corrected chi connectivity index (χ3v) is 5.05. The van der Waals surface area contributed by atoms with Crippen LogP contribution in [0.15, 0.2) is 48.5 Å². The summed E-state index contributed by atoms with van der Waals surface area (Å²) in [5.41, 5.74) is 1.10. The van der Waals surface area contributed by atoms with Gasteiger partial charge in [-0.3, -0.25) is 9.59 Å². The van der Waals surface area contributed by atoms with E-state index in [-0.39, 0.29) is 18.4 Å². The van der Waals surface area contributed by atoms with Gasteiger partial charge in [-0.2, -0.15) is 0 Å². The fraction of sp³-hybridized carbons (Fsp3) is 0.391. The van der Waals surface area contributed by atoms with Gasteiger partial charge < -0.3 is 19.7 Å². The van der Waals surface area contributed by atoms with E-state index in [4.69, 9.17) is 9.47 Å². The standard InChI is InChI=1S/C23H28N2O4/c1-16-12-17(2)14-25(13-16)22(26)15-29-19-10-8-18(9-11-19)24-23(27)20-6-4-5-7-21(20)28-3/h4-11,16-17H,12-15H2,1-3H3,(H,24,27). The number of carbonyl (C=O) groups is 2. The number of methoxy groups -OCH3 is 1. The van der Waals surface area contributed by atoms with E-state index >= 15 is 0 Å². The number of hydrogen-bond acceptors (Lipinski definition) is 4. The van der Waals surface area contributed by atoms with E-state index in [9.17, 15) is 9.59 Å². The number of amides is 2. The Morgan fingerprint density at radius 2 is 1.69 bits per heavy atom. The maximum Gasteiger partial charge on any atom is 0.260 e. The molecule has 0 bridgehead atoms. The summed E-state index contributed by atoms with van der Waals surface area (Å²) >= 11 is 0. The smallest absolute Gasteiger partial charge is 0.260 e. The number of nitrogens with zero attached hydrogens (tertiary/aromatic N) is 1. The van der Waals surface area contributed by atoms with Gasteiger partial charge >= 0.3 is 0 Å². The van der Waals surface area contributed by atoms with Crippen LogP contribution in [0.25, 0.3) is 0 Å². The number of carbonyl (C=O) groups excluding carboxylic acids is 2. The molecule has 0 aliphatic carbocycles. The number of likely N-dealkylation sites (tertiary alicyclic amines) is 1. The van der Waals surface area contributed by atoms with Crippen molar-refractivity contribution in [3.05, 3.63) is 54.1 Å². The number of nitrogens with one attached hydrogen (secondary N) is 1. The van der Waals surface area contributed by atoms with Gasteiger partial charge in [-0.25, -0.2) is 0 Å². The number of ether oxygens (including phenoxy) is 2. The molecular weight excluding hydrogens is 368 g/mol. The van der Waals surface area contributed by atoms with Gasteiger partial charge in [0.15, 0.2) is 6.61 Å². The van der Waals surface area contributed by atoms with Crippen molar-refractivity contribution in [3.63, 3.8) is 0 Å². The fourth-order valence-electron chi connectivity index (χ4n) is 3.77. The highest BCUT2D eigenvalue weighted by Gasteiger charge is 2.25. The van der Waals surface area contributed by atoms with E-state index in [0.717, 1.165) is 19.5 Å². The predicted octanol–water partition coefficient (Wildman–Crippen LogP) is 3.83. The van der Waals surface area contributed by atoms with Crippen LogP contribution in [0.4, 0.5) is 5.69 Å². The van der Waals surface area contributed by atoms with Crippen LogP contribution in [0.2, 0.25) is 0 Å². The summed E-state index contributed by atoms with van der Waals surface area (Å²) in [7, 11) is 1.53. The van der Waals surface area contributed by atoms with Gasteiger partial charge in [0.05, 0.1) is 12.7 Å². The minimum atomic E-state index is -0.250. The Morgan fingerprint density at radius 1 is 1.03 bits per heavy atom. The Kier molecular flexibility index (Phi) is 6.75. The number of rotatable bonds is 6. The van der Waals surface area contributed by atoms with Crippen LogP contribution in [-0.4, -0.2) is 43.5 Å². The highest BCUT2D eigenvalue weighted by atomic mass is 16.5. The molecule has 2 aromatic carbocycles. The second kappa shape index (κ2) is 9.45. The number of piperidine rings is 1. The second-order valence-electron chi connectivity index (χ2n) is 7.71. The molecule has 29 heavy (non-hydrogen) atoms. The maximum atomic E-state index is 12.4. The molecule has 1 heterocycles. The fourth-order valence-corrected chi connectivity index (χ4v) is 3.77. The van der Waals surface area contributed by atoms with Crippen LogP contribution in [0.1, 0.15) is 30.6 Å². The Morgan fingerprint density at radius 3 is 2.34 bits per heavy atom. The summed E-state index contributed by atoms with van der Waals surface area (Å²) < 4.78 is 10.9. The molecule has 1 aliphatic rings.